The van der Waals surface area contributed by atoms with E-state index in [1.54, 1.807) is 36.1 Å². The van der Waals surface area contributed by atoms with Gasteiger partial charge in [0.15, 0.2) is 5.69 Å². The van der Waals surface area contributed by atoms with E-state index in [1.165, 1.54) is 7.11 Å². The van der Waals surface area contributed by atoms with Gasteiger partial charge in [-0.1, -0.05) is 6.92 Å². The summed E-state index contributed by atoms with van der Waals surface area (Å²) in [7, 11) is 3.27. The van der Waals surface area contributed by atoms with Crippen molar-refractivity contribution < 1.29 is 9.53 Å². The van der Waals surface area contributed by atoms with Crippen LogP contribution in [-0.4, -0.2) is 27.7 Å². The second-order valence-corrected chi connectivity index (χ2v) is 3.88. The Labute approximate surface area is 105 Å². The van der Waals surface area contributed by atoms with Crippen LogP contribution in [0.3, 0.4) is 0 Å². The molecule has 0 aliphatic rings. The Morgan fingerprint density at radius 2 is 2.28 bits per heavy atom. The predicted molar refractivity (Wildman–Crippen MR) is 66.8 cm³/mol. The first-order chi connectivity index (χ1) is 8.67. The number of methoxy groups -OCH3 is 1. The molecule has 2 heterocycles. The summed E-state index contributed by atoms with van der Waals surface area (Å²) in [6, 6.07) is 5.24. The van der Waals surface area contributed by atoms with Crippen molar-refractivity contribution in [2.75, 3.05) is 7.11 Å². The number of rotatable bonds is 4. The molecule has 94 valence electrons. The maximum Gasteiger partial charge on any atom is 0.233 e. The summed E-state index contributed by atoms with van der Waals surface area (Å²) in [6.45, 7) is 2.00. The van der Waals surface area contributed by atoms with Crippen LogP contribution in [0.2, 0.25) is 0 Å². The van der Waals surface area contributed by atoms with Gasteiger partial charge >= 0.3 is 0 Å². The molecule has 2 rings (SSSR count). The second kappa shape index (κ2) is 5.00. The molecular formula is C13H15N3O2. The van der Waals surface area contributed by atoms with Crippen LogP contribution >= 0.6 is 0 Å². The monoisotopic (exact) mass is 245 g/mol. The summed E-state index contributed by atoms with van der Waals surface area (Å²) in [4.78, 5) is 16.5. The Morgan fingerprint density at radius 1 is 1.50 bits per heavy atom. The van der Waals surface area contributed by atoms with Crippen LogP contribution in [-0.2, 0) is 13.5 Å². The van der Waals surface area contributed by atoms with Gasteiger partial charge in [-0.2, -0.15) is 5.10 Å². The molecule has 0 spiro atoms. The average Bonchev–Trinajstić information content (AvgIpc) is 2.79. The molecule has 0 saturated heterocycles. The molecule has 0 saturated carbocycles. The first kappa shape index (κ1) is 12.3. The van der Waals surface area contributed by atoms with Gasteiger partial charge in [0.2, 0.25) is 5.78 Å². The Bertz CT molecular complexity index is 575. The van der Waals surface area contributed by atoms with E-state index in [1.807, 2.05) is 6.92 Å². The maximum absolute atomic E-state index is 12.4. The molecule has 0 aromatic carbocycles. The zero-order valence-electron chi connectivity index (χ0n) is 10.7. The Morgan fingerprint density at radius 3 is 2.89 bits per heavy atom. The van der Waals surface area contributed by atoms with Crippen molar-refractivity contribution in [1.82, 2.24) is 14.8 Å². The number of carbonyl (C=O) groups is 1. The first-order valence-corrected chi connectivity index (χ1v) is 5.74. The van der Waals surface area contributed by atoms with E-state index in [4.69, 9.17) is 4.74 Å². The lowest BCUT2D eigenvalue weighted by Gasteiger charge is -2.05. The minimum Gasteiger partial charge on any atom is -0.494 e. The number of aromatic nitrogens is 3. The molecule has 0 aliphatic heterocycles. The highest BCUT2D eigenvalue weighted by Gasteiger charge is 2.19. The average molecular weight is 245 g/mol. The smallest absolute Gasteiger partial charge is 0.233 e. The van der Waals surface area contributed by atoms with Gasteiger partial charge in [-0.25, -0.2) is 4.98 Å². The molecule has 0 N–H and O–H groups in total. The van der Waals surface area contributed by atoms with Crippen molar-refractivity contribution in [3.8, 4) is 5.75 Å². The standard InChI is InChI=1S/C13H15N3O2/c1-4-9-8-10(16(2)15-9)13(17)12-11(18-3)6-5-7-14-12/h5-8H,4H2,1-3H3. The van der Waals surface area contributed by atoms with Gasteiger partial charge in [-0.3, -0.25) is 9.48 Å². The summed E-state index contributed by atoms with van der Waals surface area (Å²) >= 11 is 0. The summed E-state index contributed by atoms with van der Waals surface area (Å²) < 4.78 is 6.73. The number of hydrogen-bond acceptors (Lipinski definition) is 4. The van der Waals surface area contributed by atoms with Gasteiger partial charge in [0.05, 0.1) is 12.8 Å². The van der Waals surface area contributed by atoms with Crippen molar-refractivity contribution in [3.05, 3.63) is 41.5 Å². The zero-order chi connectivity index (χ0) is 13.1. The van der Waals surface area contributed by atoms with Gasteiger partial charge in [0.25, 0.3) is 0 Å². The summed E-state index contributed by atoms with van der Waals surface area (Å²) in [5.74, 6) is 0.295. The van der Waals surface area contributed by atoms with E-state index >= 15 is 0 Å². The van der Waals surface area contributed by atoms with Crippen LogP contribution in [0.25, 0.3) is 0 Å². The summed E-state index contributed by atoms with van der Waals surface area (Å²) in [5, 5.41) is 4.26. The molecule has 5 heteroatoms. The number of pyridine rings is 1. The largest absolute Gasteiger partial charge is 0.494 e. The fourth-order valence-electron chi connectivity index (χ4n) is 1.76. The number of nitrogens with zero attached hydrogens (tertiary/aromatic N) is 3. The molecule has 0 bridgehead atoms. The lowest BCUT2D eigenvalue weighted by molar-refractivity contribution is 0.102. The molecule has 2 aromatic heterocycles. The van der Waals surface area contributed by atoms with Crippen LogP contribution < -0.4 is 4.74 Å². The molecule has 0 amide bonds. The Kier molecular flexibility index (Phi) is 3.41. The van der Waals surface area contributed by atoms with E-state index in [2.05, 4.69) is 10.1 Å². The van der Waals surface area contributed by atoms with E-state index < -0.39 is 0 Å². The molecule has 0 atom stereocenters. The minimum atomic E-state index is -0.179. The number of ether oxygens (including phenoxy) is 1. The molecule has 0 unspecified atom stereocenters. The Hall–Kier alpha value is -2.17. The lowest BCUT2D eigenvalue weighted by atomic mass is 10.1. The van der Waals surface area contributed by atoms with Crippen LogP contribution in [0.4, 0.5) is 0 Å². The van der Waals surface area contributed by atoms with Crippen LogP contribution in [0.1, 0.15) is 28.8 Å². The minimum absolute atomic E-state index is 0.179. The summed E-state index contributed by atoms with van der Waals surface area (Å²) in [6.07, 6.45) is 2.37. The zero-order valence-corrected chi connectivity index (χ0v) is 10.7. The van der Waals surface area contributed by atoms with E-state index in [0.29, 0.717) is 17.1 Å². The highest BCUT2D eigenvalue weighted by Crippen LogP contribution is 2.19. The number of ketones is 1. The highest BCUT2D eigenvalue weighted by molar-refractivity contribution is 6.08. The van der Waals surface area contributed by atoms with Gasteiger partial charge in [-0.05, 0) is 24.6 Å². The quantitative estimate of drug-likeness (QED) is 0.768. The molecular weight excluding hydrogens is 230 g/mol. The highest BCUT2D eigenvalue weighted by atomic mass is 16.5. The number of aryl methyl sites for hydroxylation is 2. The van der Waals surface area contributed by atoms with E-state index in [0.717, 1.165) is 12.1 Å². The molecule has 0 radical (unpaired) electrons. The predicted octanol–water partition coefficient (Wildman–Crippen LogP) is 1.62. The van der Waals surface area contributed by atoms with Crippen molar-refractivity contribution in [2.45, 2.75) is 13.3 Å². The van der Waals surface area contributed by atoms with Gasteiger partial charge < -0.3 is 4.74 Å². The third-order valence-electron chi connectivity index (χ3n) is 2.73. The number of hydrogen-bond donors (Lipinski definition) is 0. The van der Waals surface area contributed by atoms with Gasteiger partial charge in [0.1, 0.15) is 11.4 Å². The van der Waals surface area contributed by atoms with E-state index in [-0.39, 0.29) is 5.78 Å². The Balaban J connectivity index is 2.44. The van der Waals surface area contributed by atoms with Gasteiger partial charge in [-0.15, -0.1) is 0 Å². The van der Waals surface area contributed by atoms with Crippen LogP contribution in [0, 0.1) is 0 Å². The lowest BCUT2D eigenvalue weighted by Crippen LogP contribution is -2.11. The molecule has 18 heavy (non-hydrogen) atoms. The third-order valence-corrected chi connectivity index (χ3v) is 2.73. The number of carbonyl (C=O) groups excluding carboxylic acids is 1. The van der Waals surface area contributed by atoms with Crippen LogP contribution in [0.5, 0.6) is 5.75 Å². The second-order valence-electron chi connectivity index (χ2n) is 3.88. The van der Waals surface area contributed by atoms with Crippen LogP contribution in [0.15, 0.2) is 24.4 Å². The molecule has 0 fully saturated rings. The van der Waals surface area contributed by atoms with Crippen molar-refractivity contribution in [1.29, 1.82) is 0 Å². The normalized spacial score (nSPS) is 10.4. The summed E-state index contributed by atoms with van der Waals surface area (Å²) in [5.41, 5.74) is 1.71. The van der Waals surface area contributed by atoms with E-state index in [9.17, 15) is 4.79 Å². The topological polar surface area (TPSA) is 57.0 Å². The molecule has 5 nitrogen and oxygen atoms in total. The SMILES string of the molecule is CCc1cc(C(=O)c2ncccc2OC)n(C)n1. The molecule has 0 aliphatic carbocycles. The fraction of sp³-hybridized carbons (Fsp3) is 0.308. The molecule has 2 aromatic rings. The third kappa shape index (κ3) is 2.11. The van der Waals surface area contributed by atoms with Crippen molar-refractivity contribution in [3.63, 3.8) is 0 Å². The maximum atomic E-state index is 12.4. The first-order valence-electron chi connectivity index (χ1n) is 5.74. The fourth-order valence-corrected chi connectivity index (χ4v) is 1.76. The van der Waals surface area contributed by atoms with Crippen molar-refractivity contribution in [2.24, 2.45) is 7.05 Å². The van der Waals surface area contributed by atoms with Crippen molar-refractivity contribution >= 4 is 5.78 Å². The van der Waals surface area contributed by atoms with Gasteiger partial charge in [0, 0.05) is 13.2 Å².